The Kier molecular flexibility index (Phi) is 186. The van der Waals surface area contributed by atoms with E-state index in [1.54, 1.807) is 0 Å². The van der Waals surface area contributed by atoms with Gasteiger partial charge in [0.15, 0.2) is 0 Å². The van der Waals surface area contributed by atoms with Gasteiger partial charge in [0.25, 0.3) is 0 Å². The van der Waals surface area contributed by atoms with Crippen molar-refractivity contribution in [2.45, 2.75) is 0 Å². The monoisotopic (exact) mass is 438 g/mol. The fraction of sp³-hybridized carbons (Fsp3) is 0. The average Bonchev–Trinajstić information content (AvgIpc) is 0.722. The third-order valence-corrected chi connectivity index (χ3v) is 0. The average molecular weight is 438 g/mol. The number of rotatable bonds is 0. The molecular formula is H14O10STh. The molecule has 0 aromatic heterocycles. The maximum absolute atomic E-state index is 8.74. The first kappa shape index (κ1) is 75.4. The Morgan fingerprint density at radius 3 is 0.667 bits per heavy atom. The molecule has 0 bridgehead atoms. The van der Waals surface area contributed by atoms with Gasteiger partial charge in [-0.05, 0) is 0 Å². The fourth-order valence-electron chi connectivity index (χ4n) is 0. The first-order valence-corrected chi connectivity index (χ1v) is 2.10. The van der Waals surface area contributed by atoms with Crippen LogP contribution in [0.25, 0.3) is 0 Å². The standard InChI is InChI=1S/H2O4S.6H2O.Th/c1-5(2,3)4;;;;;;;/h(H2,1,2,3,4);6*1H2;. The molecule has 0 aromatic carbocycles. The second-order valence-electron chi connectivity index (χ2n) is 0.448. The molecule has 0 amide bonds. The molecular weight excluding hydrogens is 424 g/mol. The predicted octanol–water partition coefficient (Wildman–Crippen LogP) is -5.60. The fourth-order valence-corrected chi connectivity index (χ4v) is 0. The van der Waals surface area contributed by atoms with Crippen molar-refractivity contribution in [3.63, 3.8) is 0 Å². The van der Waals surface area contributed by atoms with Gasteiger partial charge in [0.1, 0.15) is 0 Å². The van der Waals surface area contributed by atoms with Crippen molar-refractivity contribution < 1.29 is 90.3 Å². The summed E-state index contributed by atoms with van der Waals surface area (Å²) in [5.74, 6) is 0. The molecule has 0 saturated carbocycles. The second kappa shape index (κ2) is 29.7. The molecule has 0 heterocycles. The molecule has 0 spiro atoms. The SMILES string of the molecule is O.O.O.O.O.O.O=S(=O)(O)O.[Th]. The van der Waals surface area contributed by atoms with Gasteiger partial charge in [0.2, 0.25) is 0 Å². The van der Waals surface area contributed by atoms with Gasteiger partial charge >= 0.3 is 10.4 Å². The zero-order valence-corrected chi connectivity index (χ0v) is 10.5. The topological polar surface area (TPSA) is 264 Å². The van der Waals surface area contributed by atoms with E-state index in [1.165, 1.54) is 0 Å². The summed E-state index contributed by atoms with van der Waals surface area (Å²) in [5, 5.41) is 0. The zero-order chi connectivity index (χ0) is 4.50. The van der Waals surface area contributed by atoms with Crippen molar-refractivity contribution >= 4 is 10.4 Å². The molecule has 14 N–H and O–H groups in total. The van der Waals surface area contributed by atoms with Crippen molar-refractivity contribution in [2.75, 3.05) is 0 Å². The third kappa shape index (κ3) is 1190. The van der Waals surface area contributed by atoms with E-state index in [-0.39, 0.29) is 72.8 Å². The zero-order valence-electron chi connectivity index (χ0n) is 5.62. The first-order valence-electron chi connectivity index (χ1n) is 0.698. The molecule has 0 rings (SSSR count). The maximum atomic E-state index is 8.74. The number of hydrogen-bond donors (Lipinski definition) is 2. The van der Waals surface area contributed by atoms with Gasteiger partial charge < -0.3 is 32.9 Å². The van der Waals surface area contributed by atoms with Gasteiger partial charge in [-0.2, -0.15) is 8.42 Å². The Balaban J connectivity index is -0.00000000381. The summed E-state index contributed by atoms with van der Waals surface area (Å²) in [6.07, 6.45) is 0. The van der Waals surface area contributed by atoms with Crippen molar-refractivity contribution in [3.05, 3.63) is 0 Å². The van der Waals surface area contributed by atoms with Gasteiger partial charge in [0, 0.05) is 39.9 Å². The molecule has 0 saturated heterocycles. The molecule has 12 heteroatoms. The van der Waals surface area contributed by atoms with E-state index in [0.717, 1.165) is 0 Å². The molecule has 0 aliphatic heterocycles. The van der Waals surface area contributed by atoms with E-state index in [9.17, 15) is 0 Å². The molecule has 10 nitrogen and oxygen atoms in total. The molecule has 0 fully saturated rings. The summed E-state index contributed by atoms with van der Waals surface area (Å²) < 4.78 is 31.6. The van der Waals surface area contributed by atoms with E-state index in [4.69, 9.17) is 17.5 Å². The van der Waals surface area contributed by atoms with Crippen LogP contribution in [0.1, 0.15) is 0 Å². The Labute approximate surface area is 100 Å². The summed E-state index contributed by atoms with van der Waals surface area (Å²) >= 11 is 0. The minimum atomic E-state index is -4.67. The summed E-state index contributed by atoms with van der Waals surface area (Å²) in [6.45, 7) is 0. The van der Waals surface area contributed by atoms with Crippen LogP contribution in [0.4, 0.5) is 0 Å². The van der Waals surface area contributed by atoms with Crippen LogP contribution < -0.4 is 0 Å². The Hall–Kier alpha value is 0.955. The molecule has 0 aliphatic carbocycles. The summed E-state index contributed by atoms with van der Waals surface area (Å²) in [6, 6.07) is 0. The predicted molar refractivity (Wildman–Crippen MR) is 35.9 cm³/mol. The van der Waals surface area contributed by atoms with Crippen LogP contribution in [-0.2, 0) is 10.4 Å². The van der Waals surface area contributed by atoms with Gasteiger partial charge in [-0.15, -0.1) is 0 Å². The van der Waals surface area contributed by atoms with Crippen molar-refractivity contribution in [2.24, 2.45) is 0 Å². The molecule has 0 aliphatic rings. The Morgan fingerprint density at radius 2 is 0.667 bits per heavy atom. The van der Waals surface area contributed by atoms with Crippen LogP contribution >= 0.6 is 0 Å². The van der Waals surface area contributed by atoms with Gasteiger partial charge in [-0.25, -0.2) is 0 Å². The van der Waals surface area contributed by atoms with Crippen molar-refractivity contribution in [3.8, 4) is 0 Å². The maximum Gasteiger partial charge on any atom is 0.394 e. The van der Waals surface area contributed by atoms with Crippen molar-refractivity contribution in [1.29, 1.82) is 0 Å². The summed E-state index contributed by atoms with van der Waals surface area (Å²) in [4.78, 5) is 0. The minimum absolute atomic E-state index is 0. The van der Waals surface area contributed by atoms with E-state index < -0.39 is 10.4 Å². The summed E-state index contributed by atoms with van der Waals surface area (Å²) in [7, 11) is -4.67. The van der Waals surface area contributed by atoms with Crippen LogP contribution in [0, 0.1) is 39.9 Å². The second-order valence-corrected chi connectivity index (χ2v) is 1.34. The van der Waals surface area contributed by atoms with Crippen LogP contribution in [0.5, 0.6) is 0 Å². The quantitative estimate of drug-likeness (QED) is 0.350. The van der Waals surface area contributed by atoms with Crippen LogP contribution in [0.3, 0.4) is 0 Å². The molecule has 12 heavy (non-hydrogen) atoms. The van der Waals surface area contributed by atoms with Crippen LogP contribution in [0.2, 0.25) is 0 Å². The van der Waals surface area contributed by atoms with Gasteiger partial charge in [-0.3, -0.25) is 9.11 Å². The van der Waals surface area contributed by atoms with E-state index in [1.807, 2.05) is 0 Å². The molecule has 0 aromatic rings. The summed E-state index contributed by atoms with van der Waals surface area (Å²) in [5.41, 5.74) is 0. The molecule has 0 radical (unpaired) electrons. The molecule has 84 valence electrons. The van der Waals surface area contributed by atoms with Crippen LogP contribution in [-0.4, -0.2) is 50.4 Å². The Bertz CT molecular complexity index is 93.0. The Morgan fingerprint density at radius 1 is 0.667 bits per heavy atom. The van der Waals surface area contributed by atoms with Gasteiger partial charge in [-0.1, -0.05) is 0 Å². The first-order chi connectivity index (χ1) is 2.00. The molecule has 0 atom stereocenters. The van der Waals surface area contributed by atoms with Crippen molar-refractivity contribution in [1.82, 2.24) is 0 Å². The van der Waals surface area contributed by atoms with E-state index >= 15 is 0 Å². The van der Waals surface area contributed by atoms with E-state index in [0.29, 0.717) is 0 Å². The normalized spacial score (nSPS) is 4.83. The smallest absolute Gasteiger partial charge is 0.394 e. The number of hydrogen-bond acceptors (Lipinski definition) is 2. The largest absolute Gasteiger partial charge is 0.412 e. The van der Waals surface area contributed by atoms with Crippen LogP contribution in [0.15, 0.2) is 0 Å². The third-order valence-electron chi connectivity index (χ3n) is 0. The molecule has 0 unspecified atom stereocenters. The van der Waals surface area contributed by atoms with E-state index in [2.05, 4.69) is 0 Å². The minimum Gasteiger partial charge on any atom is -0.412 e. The van der Waals surface area contributed by atoms with Gasteiger partial charge in [0.05, 0.1) is 0 Å².